The van der Waals surface area contributed by atoms with E-state index in [9.17, 15) is 18.0 Å². The van der Waals surface area contributed by atoms with E-state index < -0.39 is 15.6 Å². The summed E-state index contributed by atoms with van der Waals surface area (Å²) < 4.78 is 27.9. The van der Waals surface area contributed by atoms with Gasteiger partial charge in [-0.15, -0.1) is 0 Å². The van der Waals surface area contributed by atoms with Gasteiger partial charge in [0, 0.05) is 17.8 Å². The fraction of sp³-hybridized carbons (Fsp3) is 0.407. The second-order valence-corrected chi connectivity index (χ2v) is 11.2. The van der Waals surface area contributed by atoms with Gasteiger partial charge in [-0.25, -0.2) is 13.1 Å². The topological polar surface area (TPSA) is 95.6 Å². The number of nitrogens with zero attached hydrogens (tertiary/aromatic N) is 1. The molecule has 4 rings (SSSR count). The second-order valence-electron chi connectivity index (χ2n) is 9.45. The Labute approximate surface area is 207 Å². The molecule has 2 N–H and O–H groups in total. The third-order valence-corrected chi connectivity index (χ3v) is 8.48. The van der Waals surface area contributed by atoms with E-state index in [2.05, 4.69) is 10.0 Å². The van der Waals surface area contributed by atoms with Crippen molar-refractivity contribution >= 4 is 33.6 Å². The zero-order chi connectivity index (χ0) is 25.1. The van der Waals surface area contributed by atoms with E-state index in [1.165, 1.54) is 17.0 Å². The minimum absolute atomic E-state index is 0.0600. The zero-order valence-corrected chi connectivity index (χ0v) is 21.1. The number of carbonyl (C=O) groups excluding carboxylic acids is 2. The molecule has 35 heavy (non-hydrogen) atoms. The highest BCUT2D eigenvalue weighted by Crippen LogP contribution is 2.40. The van der Waals surface area contributed by atoms with Crippen molar-refractivity contribution < 1.29 is 18.0 Å². The van der Waals surface area contributed by atoms with Crippen LogP contribution in [-0.2, 0) is 19.6 Å². The maximum absolute atomic E-state index is 13.6. The summed E-state index contributed by atoms with van der Waals surface area (Å²) in [6, 6.07) is 15.7. The monoisotopic (exact) mass is 495 g/mol. The van der Waals surface area contributed by atoms with Crippen LogP contribution in [0.25, 0.3) is 6.08 Å². The smallest absolute Gasteiger partial charge is 0.251 e. The van der Waals surface area contributed by atoms with Crippen molar-refractivity contribution in [3.8, 4) is 0 Å². The normalized spacial score (nSPS) is 21.8. The highest BCUT2D eigenvalue weighted by Gasteiger charge is 2.56. The molecule has 1 aliphatic carbocycles. The number of amides is 2. The molecule has 0 bridgehead atoms. The fourth-order valence-corrected chi connectivity index (χ4v) is 5.98. The van der Waals surface area contributed by atoms with Crippen molar-refractivity contribution in [2.75, 3.05) is 4.90 Å². The maximum Gasteiger partial charge on any atom is 0.251 e. The van der Waals surface area contributed by atoms with Crippen LogP contribution < -0.4 is 14.9 Å². The standard InChI is InChI=1S/C27H33N3O4S/c1-3-20(2)29-35(33,34)24-15-13-23(14-16-24)30-25(31)19-27(30,18-17-21-9-5-4-6-10-21)26(32)28-22-11-7-8-12-22/h4-6,9-10,13-18,20,22,29H,3,7-8,11-12,19H2,1-2H3,(H,28,32)/b18-17+/t20-,27+/m1/s1. The number of hydrogen-bond donors (Lipinski definition) is 2. The average Bonchev–Trinajstić information content (AvgIpc) is 3.35. The van der Waals surface area contributed by atoms with Crippen molar-refractivity contribution in [1.82, 2.24) is 10.0 Å². The van der Waals surface area contributed by atoms with Gasteiger partial charge in [-0.2, -0.15) is 0 Å². The number of nitrogens with one attached hydrogen (secondary N) is 2. The van der Waals surface area contributed by atoms with Gasteiger partial charge in [0.25, 0.3) is 5.91 Å². The van der Waals surface area contributed by atoms with E-state index in [1.54, 1.807) is 25.1 Å². The van der Waals surface area contributed by atoms with E-state index in [-0.39, 0.29) is 35.2 Å². The van der Waals surface area contributed by atoms with Crippen LogP contribution in [0.3, 0.4) is 0 Å². The lowest BCUT2D eigenvalue weighted by Crippen LogP contribution is -2.70. The molecular formula is C27H33N3O4S. The number of benzene rings is 2. The highest BCUT2D eigenvalue weighted by molar-refractivity contribution is 7.89. The van der Waals surface area contributed by atoms with E-state index in [4.69, 9.17) is 0 Å². The summed E-state index contributed by atoms with van der Waals surface area (Å²) in [6.07, 6.45) is 8.44. The average molecular weight is 496 g/mol. The Morgan fingerprint density at radius 2 is 1.77 bits per heavy atom. The molecule has 2 aliphatic rings. The van der Waals surface area contributed by atoms with Crippen LogP contribution in [0.5, 0.6) is 0 Å². The van der Waals surface area contributed by atoms with E-state index in [0.29, 0.717) is 12.1 Å². The molecule has 1 saturated carbocycles. The summed E-state index contributed by atoms with van der Waals surface area (Å²) in [6.45, 7) is 3.71. The second kappa shape index (κ2) is 10.3. The molecule has 0 spiro atoms. The van der Waals surface area contributed by atoms with Crippen LogP contribution in [0.15, 0.2) is 65.6 Å². The Hall–Kier alpha value is -2.97. The van der Waals surface area contributed by atoms with E-state index in [1.807, 2.05) is 43.3 Å². The number of carbonyl (C=O) groups is 2. The Morgan fingerprint density at radius 3 is 2.37 bits per heavy atom. The first-order valence-electron chi connectivity index (χ1n) is 12.3. The molecule has 2 amide bonds. The number of anilines is 1. The van der Waals surface area contributed by atoms with Crippen LogP contribution in [0, 0.1) is 0 Å². The lowest BCUT2D eigenvalue weighted by atomic mass is 9.80. The van der Waals surface area contributed by atoms with Crippen LogP contribution in [0.4, 0.5) is 5.69 Å². The van der Waals surface area contributed by atoms with Crippen LogP contribution >= 0.6 is 0 Å². The predicted octanol–water partition coefficient (Wildman–Crippen LogP) is 4.01. The molecular weight excluding hydrogens is 462 g/mol. The van der Waals surface area contributed by atoms with Crippen molar-refractivity contribution in [3.05, 3.63) is 66.2 Å². The number of β-lactam (4-membered cyclic amide) rings is 1. The predicted molar refractivity (Wildman–Crippen MR) is 137 cm³/mol. The Kier molecular flexibility index (Phi) is 7.42. The van der Waals surface area contributed by atoms with Gasteiger partial charge in [0.15, 0.2) is 5.54 Å². The summed E-state index contributed by atoms with van der Waals surface area (Å²) in [5.74, 6) is -0.385. The first kappa shape index (κ1) is 25.1. The molecule has 0 aromatic heterocycles. The van der Waals surface area contributed by atoms with Crippen LogP contribution in [0.2, 0.25) is 0 Å². The van der Waals surface area contributed by atoms with Gasteiger partial charge < -0.3 is 5.32 Å². The molecule has 1 heterocycles. The zero-order valence-electron chi connectivity index (χ0n) is 20.2. The summed E-state index contributed by atoms with van der Waals surface area (Å²) in [5, 5.41) is 3.15. The number of sulfonamides is 1. The van der Waals surface area contributed by atoms with Gasteiger partial charge in [0.2, 0.25) is 15.9 Å². The molecule has 2 atom stereocenters. The molecule has 0 unspecified atom stereocenters. The minimum Gasteiger partial charge on any atom is -0.351 e. The number of rotatable bonds is 9. The lowest BCUT2D eigenvalue weighted by molar-refractivity contribution is -0.137. The largest absolute Gasteiger partial charge is 0.351 e. The van der Waals surface area contributed by atoms with Crippen LogP contribution in [-0.4, -0.2) is 37.9 Å². The van der Waals surface area contributed by atoms with Gasteiger partial charge >= 0.3 is 0 Å². The summed E-state index contributed by atoms with van der Waals surface area (Å²) in [5.41, 5.74) is 0.255. The fourth-order valence-electron chi connectivity index (χ4n) is 4.65. The molecule has 8 heteroatoms. The first-order chi connectivity index (χ1) is 16.7. The molecule has 2 fully saturated rings. The van der Waals surface area contributed by atoms with Crippen molar-refractivity contribution in [2.45, 2.75) is 74.9 Å². The quantitative estimate of drug-likeness (QED) is 0.514. The first-order valence-corrected chi connectivity index (χ1v) is 13.7. The highest BCUT2D eigenvalue weighted by atomic mass is 32.2. The third-order valence-electron chi connectivity index (χ3n) is 6.88. The molecule has 7 nitrogen and oxygen atoms in total. The Morgan fingerprint density at radius 1 is 1.11 bits per heavy atom. The SMILES string of the molecule is CC[C@@H](C)NS(=O)(=O)c1ccc(N2C(=O)C[C@@]2(/C=C/c2ccccc2)C(=O)NC2CCCC2)cc1. The van der Waals surface area contributed by atoms with Crippen molar-refractivity contribution in [2.24, 2.45) is 0 Å². The summed E-state index contributed by atoms with van der Waals surface area (Å²) in [4.78, 5) is 28.0. The molecule has 2 aromatic rings. The molecule has 186 valence electrons. The molecule has 1 aliphatic heterocycles. The molecule has 1 saturated heterocycles. The van der Waals surface area contributed by atoms with Crippen LogP contribution in [0.1, 0.15) is 57.9 Å². The summed E-state index contributed by atoms with van der Waals surface area (Å²) >= 11 is 0. The van der Waals surface area contributed by atoms with Gasteiger partial charge in [-0.3, -0.25) is 14.5 Å². The lowest BCUT2D eigenvalue weighted by Gasteiger charge is -2.49. The minimum atomic E-state index is -3.67. The van der Waals surface area contributed by atoms with Gasteiger partial charge in [0.1, 0.15) is 0 Å². The number of hydrogen-bond acceptors (Lipinski definition) is 4. The maximum atomic E-state index is 13.6. The Balaban J connectivity index is 1.65. The van der Waals surface area contributed by atoms with Gasteiger partial charge in [-0.05, 0) is 62.1 Å². The van der Waals surface area contributed by atoms with Gasteiger partial charge in [0.05, 0.1) is 11.3 Å². The van der Waals surface area contributed by atoms with E-state index in [0.717, 1.165) is 31.2 Å². The molecule has 0 radical (unpaired) electrons. The van der Waals surface area contributed by atoms with E-state index >= 15 is 0 Å². The molecule has 2 aromatic carbocycles. The Bertz CT molecular complexity index is 1190. The van der Waals surface area contributed by atoms with Gasteiger partial charge in [-0.1, -0.05) is 56.2 Å². The third kappa shape index (κ3) is 5.33. The van der Waals surface area contributed by atoms with Crippen molar-refractivity contribution in [1.29, 1.82) is 0 Å². The summed E-state index contributed by atoms with van der Waals surface area (Å²) in [7, 11) is -3.67. The van der Waals surface area contributed by atoms with Crippen molar-refractivity contribution in [3.63, 3.8) is 0 Å².